The van der Waals surface area contributed by atoms with Gasteiger partial charge in [-0.15, -0.1) is 0 Å². The zero-order chi connectivity index (χ0) is 9.30. The molecule has 1 aromatic carbocycles. The van der Waals surface area contributed by atoms with Gasteiger partial charge in [-0.1, -0.05) is 6.92 Å². The summed E-state index contributed by atoms with van der Waals surface area (Å²) in [5.74, 6) is -0.219. The molecule has 0 spiro atoms. The Hall–Kier alpha value is -1.38. The zero-order valence-electron chi connectivity index (χ0n) is 7.26. The van der Waals surface area contributed by atoms with Crippen LogP contribution in [-0.2, 0) is 6.42 Å². The highest BCUT2D eigenvalue weighted by Crippen LogP contribution is 2.34. The van der Waals surface area contributed by atoms with E-state index in [1.807, 2.05) is 6.92 Å². The molecule has 12 heavy (non-hydrogen) atoms. The third-order valence-electron chi connectivity index (χ3n) is 2.04. The number of rotatable bonds is 1. The summed E-state index contributed by atoms with van der Waals surface area (Å²) in [4.78, 5) is 0. The number of nitrogens with two attached hydrogens (primary N) is 1. The Labute approximate surface area is 71.5 Å². The SMILES string of the molecule is CCc1c(N)cc(O)c(O)c1C. The molecule has 0 radical (unpaired) electrons. The highest BCUT2D eigenvalue weighted by Gasteiger charge is 2.10. The van der Waals surface area contributed by atoms with Crippen LogP contribution in [0.2, 0.25) is 0 Å². The molecule has 0 saturated carbocycles. The van der Waals surface area contributed by atoms with Crippen LogP contribution in [0, 0.1) is 6.92 Å². The Kier molecular flexibility index (Phi) is 2.13. The second-order valence-corrected chi connectivity index (χ2v) is 2.79. The fourth-order valence-electron chi connectivity index (χ4n) is 1.32. The second kappa shape index (κ2) is 2.93. The number of aromatic hydroxyl groups is 2. The molecule has 0 bridgehead atoms. The summed E-state index contributed by atoms with van der Waals surface area (Å²) in [7, 11) is 0. The average Bonchev–Trinajstić information content (AvgIpc) is 2.01. The van der Waals surface area contributed by atoms with Crippen molar-refractivity contribution < 1.29 is 10.2 Å². The summed E-state index contributed by atoms with van der Waals surface area (Å²) in [6.45, 7) is 3.69. The van der Waals surface area contributed by atoms with Gasteiger partial charge in [0, 0.05) is 11.8 Å². The Balaban J connectivity index is 3.40. The highest BCUT2D eigenvalue weighted by atomic mass is 16.3. The minimum atomic E-state index is -0.151. The fraction of sp³-hybridized carbons (Fsp3) is 0.333. The predicted molar refractivity (Wildman–Crippen MR) is 48.3 cm³/mol. The Morgan fingerprint density at radius 2 is 2.00 bits per heavy atom. The van der Waals surface area contributed by atoms with Crippen LogP contribution in [0.25, 0.3) is 0 Å². The quantitative estimate of drug-likeness (QED) is 0.338. The van der Waals surface area contributed by atoms with E-state index in [4.69, 9.17) is 5.73 Å². The number of anilines is 1. The molecule has 0 fully saturated rings. The van der Waals surface area contributed by atoms with Crippen molar-refractivity contribution in [2.24, 2.45) is 0 Å². The molecule has 0 aliphatic carbocycles. The first-order valence-electron chi connectivity index (χ1n) is 3.87. The smallest absolute Gasteiger partial charge is 0.160 e. The van der Waals surface area contributed by atoms with Gasteiger partial charge in [0.1, 0.15) is 0 Å². The molecule has 0 amide bonds. The van der Waals surface area contributed by atoms with E-state index in [9.17, 15) is 10.2 Å². The molecule has 1 aromatic rings. The zero-order valence-corrected chi connectivity index (χ0v) is 7.26. The van der Waals surface area contributed by atoms with Gasteiger partial charge in [-0.25, -0.2) is 0 Å². The van der Waals surface area contributed by atoms with E-state index in [0.717, 1.165) is 12.0 Å². The van der Waals surface area contributed by atoms with Crippen LogP contribution in [0.15, 0.2) is 6.07 Å². The molecule has 3 heteroatoms. The molecule has 0 aromatic heterocycles. The van der Waals surface area contributed by atoms with Gasteiger partial charge in [0.2, 0.25) is 0 Å². The van der Waals surface area contributed by atoms with Crippen LogP contribution in [0.1, 0.15) is 18.1 Å². The molecule has 0 aliphatic rings. The first-order chi connectivity index (χ1) is 5.57. The van der Waals surface area contributed by atoms with Crippen LogP contribution in [0.5, 0.6) is 11.5 Å². The van der Waals surface area contributed by atoms with E-state index in [-0.39, 0.29) is 11.5 Å². The van der Waals surface area contributed by atoms with Crippen molar-refractivity contribution in [2.45, 2.75) is 20.3 Å². The van der Waals surface area contributed by atoms with E-state index in [1.165, 1.54) is 6.07 Å². The summed E-state index contributed by atoms with van der Waals surface area (Å²) in [5, 5.41) is 18.5. The molecule has 0 atom stereocenters. The van der Waals surface area contributed by atoms with Crippen LogP contribution < -0.4 is 5.73 Å². The summed E-state index contributed by atoms with van der Waals surface area (Å²) in [6, 6.07) is 1.38. The minimum Gasteiger partial charge on any atom is -0.504 e. The lowest BCUT2D eigenvalue weighted by atomic mass is 10.0. The number of phenols is 2. The van der Waals surface area contributed by atoms with Crippen LogP contribution in [0.4, 0.5) is 5.69 Å². The monoisotopic (exact) mass is 167 g/mol. The van der Waals surface area contributed by atoms with E-state index >= 15 is 0 Å². The molecular weight excluding hydrogens is 154 g/mol. The van der Waals surface area contributed by atoms with E-state index in [2.05, 4.69) is 0 Å². The standard InChI is InChI=1S/C9H13NO2/c1-3-6-5(2)9(12)8(11)4-7(6)10/h4,11-12H,3,10H2,1-2H3. The summed E-state index contributed by atoms with van der Waals surface area (Å²) >= 11 is 0. The lowest BCUT2D eigenvalue weighted by Gasteiger charge is -2.10. The molecule has 3 nitrogen and oxygen atoms in total. The summed E-state index contributed by atoms with van der Waals surface area (Å²) in [5.41, 5.74) is 7.72. The molecule has 0 aliphatic heterocycles. The second-order valence-electron chi connectivity index (χ2n) is 2.79. The van der Waals surface area contributed by atoms with Crippen molar-refractivity contribution in [3.63, 3.8) is 0 Å². The van der Waals surface area contributed by atoms with Gasteiger partial charge >= 0.3 is 0 Å². The molecule has 0 saturated heterocycles. The van der Waals surface area contributed by atoms with Gasteiger partial charge < -0.3 is 15.9 Å². The van der Waals surface area contributed by atoms with Crippen molar-refractivity contribution in [1.82, 2.24) is 0 Å². The van der Waals surface area contributed by atoms with Gasteiger partial charge in [-0.05, 0) is 24.5 Å². The first-order valence-corrected chi connectivity index (χ1v) is 3.87. The van der Waals surface area contributed by atoms with Gasteiger partial charge in [0.25, 0.3) is 0 Å². The number of benzene rings is 1. The normalized spacial score (nSPS) is 10.2. The number of hydrogen-bond acceptors (Lipinski definition) is 3. The number of hydrogen-bond donors (Lipinski definition) is 3. The fourth-order valence-corrected chi connectivity index (χ4v) is 1.32. The lowest BCUT2D eigenvalue weighted by molar-refractivity contribution is 0.401. The van der Waals surface area contributed by atoms with Crippen LogP contribution >= 0.6 is 0 Å². The topological polar surface area (TPSA) is 66.5 Å². The summed E-state index contributed by atoms with van der Waals surface area (Å²) in [6.07, 6.45) is 0.755. The molecule has 0 unspecified atom stereocenters. The van der Waals surface area contributed by atoms with Crippen LogP contribution in [-0.4, -0.2) is 10.2 Å². The third kappa shape index (κ3) is 1.18. The maximum atomic E-state index is 9.34. The van der Waals surface area contributed by atoms with Crippen molar-refractivity contribution in [2.75, 3.05) is 5.73 Å². The Morgan fingerprint density at radius 3 is 2.50 bits per heavy atom. The molecule has 66 valence electrons. The van der Waals surface area contributed by atoms with Gasteiger partial charge in [0.15, 0.2) is 11.5 Å². The van der Waals surface area contributed by atoms with Gasteiger partial charge in [-0.3, -0.25) is 0 Å². The molecular formula is C9H13NO2. The summed E-state index contributed by atoms with van der Waals surface area (Å²) < 4.78 is 0. The maximum absolute atomic E-state index is 9.34. The average molecular weight is 167 g/mol. The van der Waals surface area contributed by atoms with Crippen molar-refractivity contribution in [3.05, 3.63) is 17.2 Å². The van der Waals surface area contributed by atoms with Crippen LogP contribution in [0.3, 0.4) is 0 Å². The Bertz CT molecular complexity index is 308. The number of nitrogen functional groups attached to an aromatic ring is 1. The Morgan fingerprint density at radius 1 is 1.42 bits per heavy atom. The van der Waals surface area contributed by atoms with Crippen molar-refractivity contribution in [1.29, 1.82) is 0 Å². The third-order valence-corrected chi connectivity index (χ3v) is 2.04. The molecule has 0 heterocycles. The van der Waals surface area contributed by atoms with E-state index in [0.29, 0.717) is 11.3 Å². The lowest BCUT2D eigenvalue weighted by Crippen LogP contribution is -1.96. The van der Waals surface area contributed by atoms with Crippen molar-refractivity contribution >= 4 is 5.69 Å². The van der Waals surface area contributed by atoms with E-state index in [1.54, 1.807) is 6.92 Å². The predicted octanol–water partition coefficient (Wildman–Crippen LogP) is 1.55. The first kappa shape index (κ1) is 8.71. The molecule has 1 rings (SSSR count). The van der Waals surface area contributed by atoms with Gasteiger partial charge in [-0.2, -0.15) is 0 Å². The van der Waals surface area contributed by atoms with Gasteiger partial charge in [0.05, 0.1) is 0 Å². The largest absolute Gasteiger partial charge is 0.504 e. The van der Waals surface area contributed by atoms with Crippen molar-refractivity contribution in [3.8, 4) is 11.5 Å². The maximum Gasteiger partial charge on any atom is 0.160 e. The van der Waals surface area contributed by atoms with E-state index < -0.39 is 0 Å². The minimum absolute atomic E-state index is 0.0685. The highest BCUT2D eigenvalue weighted by molar-refractivity contribution is 5.61. The molecule has 4 N–H and O–H groups in total. The number of phenolic OH excluding ortho intramolecular Hbond substituents is 2.